The molecule has 228 valence electrons. The maximum atomic E-state index is 14.4. The van der Waals surface area contributed by atoms with Gasteiger partial charge in [-0.05, 0) is 62.7 Å². The van der Waals surface area contributed by atoms with E-state index in [0.29, 0.717) is 29.4 Å². The SMILES string of the molecule is CC(C)(C)Oc1cc(C(=O)CC(=O)O)ccc1C1=N[C@@H](c2ccccn2)[C@@H](c2ccc(Cl)cc2)N1C(=O)N1CCNC(=O)C1. The van der Waals surface area contributed by atoms with E-state index in [0.717, 1.165) is 5.56 Å². The van der Waals surface area contributed by atoms with Gasteiger partial charge in [0.15, 0.2) is 5.78 Å². The fourth-order valence-electron chi connectivity index (χ4n) is 5.20. The first-order valence-corrected chi connectivity index (χ1v) is 14.5. The molecule has 3 amide bonds. The summed E-state index contributed by atoms with van der Waals surface area (Å²) in [4.78, 5) is 63.4. The van der Waals surface area contributed by atoms with Crippen molar-refractivity contribution in [1.29, 1.82) is 0 Å². The molecule has 11 nitrogen and oxygen atoms in total. The monoisotopic (exact) mass is 617 g/mol. The minimum Gasteiger partial charge on any atom is -0.487 e. The van der Waals surface area contributed by atoms with Crippen molar-refractivity contribution in [2.75, 3.05) is 19.6 Å². The van der Waals surface area contributed by atoms with Gasteiger partial charge in [-0.2, -0.15) is 0 Å². The number of aliphatic carboxylic acids is 1. The molecule has 1 saturated heterocycles. The van der Waals surface area contributed by atoms with E-state index in [2.05, 4.69) is 10.3 Å². The van der Waals surface area contributed by atoms with Gasteiger partial charge in [0.25, 0.3) is 0 Å². The third-order valence-electron chi connectivity index (χ3n) is 7.06. The molecule has 0 bridgehead atoms. The first kappa shape index (κ1) is 30.7. The predicted molar refractivity (Wildman–Crippen MR) is 163 cm³/mol. The fraction of sp³-hybridized carbons (Fsp3) is 0.312. The van der Waals surface area contributed by atoms with E-state index in [1.54, 1.807) is 35.4 Å². The summed E-state index contributed by atoms with van der Waals surface area (Å²) in [5, 5.41) is 12.5. The molecule has 3 heterocycles. The van der Waals surface area contributed by atoms with Crippen molar-refractivity contribution in [2.45, 2.75) is 44.9 Å². The zero-order chi connectivity index (χ0) is 31.6. The van der Waals surface area contributed by atoms with Crippen LogP contribution in [0.1, 0.15) is 66.5 Å². The van der Waals surface area contributed by atoms with E-state index in [9.17, 15) is 24.3 Å². The van der Waals surface area contributed by atoms with E-state index < -0.39 is 41.9 Å². The number of urea groups is 1. The lowest BCUT2D eigenvalue weighted by Gasteiger charge is -2.36. The van der Waals surface area contributed by atoms with Crippen LogP contribution in [0, 0.1) is 0 Å². The molecule has 12 heteroatoms. The maximum Gasteiger partial charge on any atom is 0.326 e. The molecular weight excluding hydrogens is 586 g/mol. The van der Waals surface area contributed by atoms with Gasteiger partial charge in [-0.3, -0.25) is 29.3 Å². The lowest BCUT2D eigenvalue weighted by molar-refractivity contribution is -0.136. The van der Waals surface area contributed by atoms with Crippen molar-refractivity contribution in [1.82, 2.24) is 20.1 Å². The number of carbonyl (C=O) groups is 4. The number of benzene rings is 2. The Kier molecular flexibility index (Phi) is 8.68. The number of pyridine rings is 1. The standard InChI is InChI=1S/C32H32ClN5O6/c1-32(2,3)44-25-16-20(24(39)17-27(41)42)9-12-22(25)30-36-28(23-6-4-5-13-34-23)29(19-7-10-21(33)11-8-19)38(30)31(43)37-15-14-35-26(40)18-37/h4-13,16,28-29H,14-15,17-18H2,1-3H3,(H,35,40)(H,41,42)/t28-,29+/m0/s1. The molecule has 2 aromatic carbocycles. The third kappa shape index (κ3) is 6.73. The van der Waals surface area contributed by atoms with Gasteiger partial charge < -0.3 is 20.1 Å². The molecule has 2 aliphatic rings. The number of aromatic nitrogens is 1. The lowest BCUT2D eigenvalue weighted by atomic mass is 9.96. The Morgan fingerprint density at radius 3 is 2.48 bits per heavy atom. The van der Waals surface area contributed by atoms with Crippen molar-refractivity contribution in [3.8, 4) is 5.75 Å². The highest BCUT2D eigenvalue weighted by molar-refractivity contribution is 6.30. The molecular formula is C32H32ClN5O6. The molecule has 2 atom stereocenters. The van der Waals surface area contributed by atoms with Gasteiger partial charge in [0.2, 0.25) is 5.91 Å². The van der Waals surface area contributed by atoms with Crippen LogP contribution < -0.4 is 10.1 Å². The van der Waals surface area contributed by atoms with E-state index >= 15 is 0 Å². The zero-order valence-electron chi connectivity index (χ0n) is 24.5. The molecule has 3 aromatic rings. The number of ketones is 1. The smallest absolute Gasteiger partial charge is 0.326 e. The van der Waals surface area contributed by atoms with Gasteiger partial charge in [0.1, 0.15) is 36.2 Å². The summed E-state index contributed by atoms with van der Waals surface area (Å²) in [6.07, 6.45) is 0.969. The molecule has 0 aliphatic carbocycles. The molecule has 44 heavy (non-hydrogen) atoms. The topological polar surface area (TPSA) is 142 Å². The van der Waals surface area contributed by atoms with Gasteiger partial charge in [0, 0.05) is 29.9 Å². The Bertz CT molecular complexity index is 1620. The number of Topliss-reactive ketones (excluding diaryl/α,β-unsaturated/α-hetero) is 1. The molecule has 5 rings (SSSR count). The van der Waals surface area contributed by atoms with Gasteiger partial charge in [-0.1, -0.05) is 35.9 Å². The van der Waals surface area contributed by atoms with Crippen LogP contribution in [0.25, 0.3) is 0 Å². The zero-order valence-corrected chi connectivity index (χ0v) is 25.2. The highest BCUT2D eigenvalue weighted by Crippen LogP contribution is 2.45. The van der Waals surface area contributed by atoms with E-state index in [-0.39, 0.29) is 29.6 Å². The number of amidine groups is 1. The van der Waals surface area contributed by atoms with Crippen LogP contribution in [0.3, 0.4) is 0 Å². The molecule has 2 aliphatic heterocycles. The largest absolute Gasteiger partial charge is 0.487 e. The van der Waals surface area contributed by atoms with Gasteiger partial charge >= 0.3 is 12.0 Å². The summed E-state index contributed by atoms with van der Waals surface area (Å²) in [5.41, 5.74) is 1.19. The fourth-order valence-corrected chi connectivity index (χ4v) is 5.33. The molecule has 0 radical (unpaired) electrons. The van der Waals surface area contributed by atoms with Gasteiger partial charge in [-0.15, -0.1) is 0 Å². The Balaban J connectivity index is 1.71. The van der Waals surface area contributed by atoms with Crippen LogP contribution >= 0.6 is 11.6 Å². The number of hydrogen-bond donors (Lipinski definition) is 2. The Labute approximate surface area is 259 Å². The quantitative estimate of drug-likeness (QED) is 0.290. The first-order valence-electron chi connectivity index (χ1n) is 14.1. The van der Waals surface area contributed by atoms with Crippen LogP contribution in [0.15, 0.2) is 71.9 Å². The van der Waals surface area contributed by atoms with Gasteiger partial charge in [-0.25, -0.2) is 4.79 Å². The van der Waals surface area contributed by atoms with Gasteiger partial charge in [0.05, 0.1) is 17.3 Å². The molecule has 2 N–H and O–H groups in total. The highest BCUT2D eigenvalue weighted by Gasteiger charge is 2.45. The van der Waals surface area contributed by atoms with Crippen LogP contribution in [0.5, 0.6) is 5.75 Å². The summed E-state index contributed by atoms with van der Waals surface area (Å²) < 4.78 is 6.30. The number of aliphatic imine (C=N–C) groups is 1. The maximum absolute atomic E-state index is 14.4. The molecule has 1 fully saturated rings. The second kappa shape index (κ2) is 12.5. The van der Waals surface area contributed by atoms with Crippen LogP contribution in [0.4, 0.5) is 4.79 Å². The summed E-state index contributed by atoms with van der Waals surface area (Å²) in [7, 11) is 0. The Morgan fingerprint density at radius 1 is 1.09 bits per heavy atom. The minimum atomic E-state index is -1.25. The molecule has 0 saturated carbocycles. The number of hydrogen-bond acceptors (Lipinski definition) is 7. The summed E-state index contributed by atoms with van der Waals surface area (Å²) >= 11 is 6.23. The second-order valence-electron chi connectivity index (χ2n) is 11.5. The van der Waals surface area contributed by atoms with Crippen LogP contribution in [-0.4, -0.2) is 74.7 Å². The number of ether oxygens (including phenoxy) is 1. The first-order chi connectivity index (χ1) is 20.9. The average molecular weight is 618 g/mol. The molecule has 0 unspecified atom stereocenters. The highest BCUT2D eigenvalue weighted by atomic mass is 35.5. The molecule has 0 spiro atoms. The number of rotatable bonds is 7. The molecule has 1 aromatic heterocycles. The normalized spacial score (nSPS) is 18.5. The number of carboxylic acids is 1. The van der Waals surface area contributed by atoms with E-state index in [4.69, 9.17) is 21.3 Å². The second-order valence-corrected chi connectivity index (χ2v) is 11.9. The Morgan fingerprint density at radius 2 is 1.84 bits per heavy atom. The van der Waals surface area contributed by atoms with E-state index in [1.807, 2.05) is 45.0 Å². The van der Waals surface area contributed by atoms with Crippen molar-refractivity contribution in [3.05, 3.63) is 94.3 Å². The number of piperazine rings is 1. The average Bonchev–Trinajstić information content (AvgIpc) is 3.36. The number of carbonyl (C=O) groups excluding carboxylic acids is 3. The third-order valence-corrected chi connectivity index (χ3v) is 7.31. The minimum absolute atomic E-state index is 0.127. The number of carboxylic acid groups (broad SMARTS) is 1. The van der Waals surface area contributed by atoms with Crippen molar-refractivity contribution >= 4 is 41.1 Å². The number of nitrogens with zero attached hydrogens (tertiary/aromatic N) is 4. The number of halogens is 1. The van der Waals surface area contributed by atoms with Crippen molar-refractivity contribution in [3.63, 3.8) is 0 Å². The number of nitrogens with one attached hydrogen (secondary N) is 1. The lowest BCUT2D eigenvalue weighted by Crippen LogP contribution is -2.55. The van der Waals surface area contributed by atoms with Crippen LogP contribution in [-0.2, 0) is 9.59 Å². The van der Waals surface area contributed by atoms with Crippen molar-refractivity contribution < 1.29 is 29.0 Å². The van der Waals surface area contributed by atoms with Crippen LogP contribution in [0.2, 0.25) is 5.02 Å². The summed E-state index contributed by atoms with van der Waals surface area (Å²) in [6, 6.07) is 15.4. The van der Waals surface area contributed by atoms with E-state index in [1.165, 1.54) is 17.0 Å². The Hall–Kier alpha value is -4.77. The van der Waals surface area contributed by atoms with Crippen molar-refractivity contribution in [2.24, 2.45) is 4.99 Å². The predicted octanol–water partition coefficient (Wildman–Crippen LogP) is 4.67. The summed E-state index contributed by atoms with van der Waals surface area (Å²) in [6.45, 7) is 5.98. The summed E-state index contributed by atoms with van der Waals surface area (Å²) in [5.74, 6) is -1.60. The number of amides is 3.